The molecular weight excluding hydrogens is 398 g/mol. The molecule has 31 heavy (non-hydrogen) atoms. The van der Waals surface area contributed by atoms with Crippen molar-refractivity contribution in [2.75, 3.05) is 5.32 Å². The van der Waals surface area contributed by atoms with Gasteiger partial charge in [-0.05, 0) is 44.0 Å². The van der Waals surface area contributed by atoms with E-state index >= 15 is 0 Å². The molecule has 3 aromatic heterocycles. The van der Waals surface area contributed by atoms with E-state index in [-0.39, 0.29) is 23.4 Å². The SMILES string of the molecule is CC(O)c1nnc(-c2ccnc(C(=O)Nc3cccc(-c4nncn4C4CC4)c3)c2)o1. The maximum atomic E-state index is 12.8. The van der Waals surface area contributed by atoms with E-state index in [0.29, 0.717) is 17.3 Å². The Morgan fingerprint density at radius 2 is 2.06 bits per heavy atom. The summed E-state index contributed by atoms with van der Waals surface area (Å²) in [6.45, 7) is 1.53. The molecule has 0 spiro atoms. The zero-order valence-electron chi connectivity index (χ0n) is 16.6. The van der Waals surface area contributed by atoms with E-state index in [1.807, 2.05) is 18.2 Å². The van der Waals surface area contributed by atoms with Crippen LogP contribution in [-0.2, 0) is 0 Å². The summed E-state index contributed by atoms with van der Waals surface area (Å²) in [5.74, 6) is 0.712. The lowest BCUT2D eigenvalue weighted by Crippen LogP contribution is -2.13. The zero-order valence-corrected chi connectivity index (χ0v) is 16.6. The first kappa shape index (κ1) is 19.1. The molecule has 1 aliphatic rings. The second kappa shape index (κ2) is 7.73. The number of anilines is 1. The number of hydrogen-bond donors (Lipinski definition) is 2. The predicted octanol–water partition coefficient (Wildman–Crippen LogP) is 3.03. The van der Waals surface area contributed by atoms with Crippen LogP contribution in [-0.4, -0.2) is 41.0 Å². The highest BCUT2D eigenvalue weighted by atomic mass is 16.4. The molecule has 0 saturated heterocycles. The average Bonchev–Trinajstić information content (AvgIpc) is 3.29. The monoisotopic (exact) mass is 417 g/mol. The minimum Gasteiger partial charge on any atom is -0.418 e. The van der Waals surface area contributed by atoms with Crippen molar-refractivity contribution in [3.8, 4) is 22.8 Å². The molecule has 1 amide bonds. The number of carbonyl (C=O) groups excluding carboxylic acids is 1. The average molecular weight is 417 g/mol. The van der Waals surface area contributed by atoms with Gasteiger partial charge in [-0.25, -0.2) is 0 Å². The minimum absolute atomic E-state index is 0.105. The number of amides is 1. The first-order chi connectivity index (χ1) is 15.1. The van der Waals surface area contributed by atoms with E-state index in [4.69, 9.17) is 4.42 Å². The van der Waals surface area contributed by atoms with Crippen LogP contribution in [0.5, 0.6) is 0 Å². The standard InChI is InChI=1S/C21H19N7O3/c1-12(29)20-26-27-21(31-20)14-7-8-22-17(10-14)19(30)24-15-4-2-3-13(9-15)18-25-23-11-28(18)16-5-6-16/h2-4,7-12,16,29H,5-6H2,1H3,(H,24,30). The third-order valence-corrected chi connectivity index (χ3v) is 4.93. The van der Waals surface area contributed by atoms with Crippen LogP contribution < -0.4 is 5.32 Å². The van der Waals surface area contributed by atoms with Crippen LogP contribution in [0.1, 0.15) is 48.3 Å². The smallest absolute Gasteiger partial charge is 0.274 e. The molecule has 0 radical (unpaired) electrons. The van der Waals surface area contributed by atoms with Gasteiger partial charge in [0.1, 0.15) is 18.1 Å². The summed E-state index contributed by atoms with van der Waals surface area (Å²) in [4.78, 5) is 16.9. The van der Waals surface area contributed by atoms with Crippen molar-refractivity contribution in [1.29, 1.82) is 0 Å². The van der Waals surface area contributed by atoms with Crippen molar-refractivity contribution in [3.63, 3.8) is 0 Å². The molecule has 1 saturated carbocycles. The Kier molecular flexibility index (Phi) is 4.75. The molecule has 0 aliphatic heterocycles. The van der Waals surface area contributed by atoms with Gasteiger partial charge >= 0.3 is 0 Å². The number of benzene rings is 1. The summed E-state index contributed by atoms with van der Waals surface area (Å²) in [6, 6.07) is 11.1. The summed E-state index contributed by atoms with van der Waals surface area (Å²) >= 11 is 0. The zero-order chi connectivity index (χ0) is 21.4. The normalized spacial score (nSPS) is 14.4. The Morgan fingerprint density at radius 3 is 2.84 bits per heavy atom. The van der Waals surface area contributed by atoms with Gasteiger partial charge in [-0.2, -0.15) is 0 Å². The molecule has 1 atom stereocenters. The van der Waals surface area contributed by atoms with Crippen molar-refractivity contribution in [2.45, 2.75) is 31.9 Å². The molecule has 1 aliphatic carbocycles. The fourth-order valence-electron chi connectivity index (χ4n) is 3.21. The largest absolute Gasteiger partial charge is 0.418 e. The Labute approximate surface area is 177 Å². The van der Waals surface area contributed by atoms with Crippen LogP contribution in [0.25, 0.3) is 22.8 Å². The number of pyridine rings is 1. The Bertz CT molecular complexity index is 1240. The summed E-state index contributed by atoms with van der Waals surface area (Å²) in [5, 5.41) is 28.4. The minimum atomic E-state index is -0.871. The van der Waals surface area contributed by atoms with Crippen LogP contribution in [0.3, 0.4) is 0 Å². The predicted molar refractivity (Wildman–Crippen MR) is 110 cm³/mol. The number of carbonyl (C=O) groups is 1. The summed E-state index contributed by atoms with van der Waals surface area (Å²) < 4.78 is 7.50. The van der Waals surface area contributed by atoms with Gasteiger partial charge in [0.15, 0.2) is 5.82 Å². The number of aliphatic hydroxyl groups is 1. The van der Waals surface area contributed by atoms with Crippen molar-refractivity contribution in [1.82, 2.24) is 29.9 Å². The highest BCUT2D eigenvalue weighted by Crippen LogP contribution is 2.37. The molecular formula is C21H19N7O3. The lowest BCUT2D eigenvalue weighted by molar-refractivity contribution is 0.102. The maximum absolute atomic E-state index is 12.8. The molecule has 10 heteroatoms. The van der Waals surface area contributed by atoms with Gasteiger partial charge in [0.2, 0.25) is 11.8 Å². The molecule has 2 N–H and O–H groups in total. The number of nitrogens with one attached hydrogen (secondary N) is 1. The Balaban J connectivity index is 1.36. The van der Waals surface area contributed by atoms with Crippen LogP contribution in [0.4, 0.5) is 5.69 Å². The van der Waals surface area contributed by atoms with Crippen LogP contribution >= 0.6 is 0 Å². The lowest BCUT2D eigenvalue weighted by atomic mass is 10.1. The molecule has 4 aromatic rings. The summed E-state index contributed by atoms with van der Waals surface area (Å²) in [5.41, 5.74) is 2.22. The fourth-order valence-corrected chi connectivity index (χ4v) is 3.21. The fraction of sp³-hybridized carbons (Fsp3) is 0.238. The first-order valence-corrected chi connectivity index (χ1v) is 9.87. The molecule has 1 unspecified atom stereocenters. The van der Waals surface area contributed by atoms with Gasteiger partial charge in [-0.3, -0.25) is 9.78 Å². The van der Waals surface area contributed by atoms with Crippen molar-refractivity contribution >= 4 is 11.6 Å². The van der Waals surface area contributed by atoms with Crippen molar-refractivity contribution < 1.29 is 14.3 Å². The van der Waals surface area contributed by atoms with Crippen molar-refractivity contribution in [2.24, 2.45) is 0 Å². The molecule has 156 valence electrons. The van der Waals surface area contributed by atoms with Gasteiger partial charge in [-0.1, -0.05) is 12.1 Å². The van der Waals surface area contributed by atoms with Gasteiger partial charge in [-0.15, -0.1) is 20.4 Å². The quantitative estimate of drug-likeness (QED) is 0.489. The van der Waals surface area contributed by atoms with Crippen molar-refractivity contribution in [3.05, 3.63) is 60.5 Å². The van der Waals surface area contributed by atoms with Crippen LogP contribution in [0, 0.1) is 0 Å². The third-order valence-electron chi connectivity index (χ3n) is 4.93. The van der Waals surface area contributed by atoms with Crippen LogP contribution in [0.15, 0.2) is 53.3 Å². The Morgan fingerprint density at radius 1 is 1.19 bits per heavy atom. The van der Waals surface area contributed by atoms with E-state index in [1.54, 1.807) is 24.5 Å². The molecule has 3 heterocycles. The second-order valence-electron chi connectivity index (χ2n) is 7.38. The molecule has 0 bridgehead atoms. The number of rotatable bonds is 6. The number of aliphatic hydroxyl groups excluding tert-OH is 1. The van der Waals surface area contributed by atoms with Gasteiger partial charge in [0, 0.05) is 29.1 Å². The molecule has 1 aromatic carbocycles. The number of aromatic nitrogens is 6. The third kappa shape index (κ3) is 3.92. The summed E-state index contributed by atoms with van der Waals surface area (Å²) in [7, 11) is 0. The van der Waals surface area contributed by atoms with Gasteiger partial charge < -0.3 is 19.4 Å². The Hall–Kier alpha value is -3.92. The van der Waals surface area contributed by atoms with E-state index in [1.165, 1.54) is 13.1 Å². The highest BCUT2D eigenvalue weighted by molar-refractivity contribution is 6.03. The number of hydrogen-bond acceptors (Lipinski definition) is 8. The van der Waals surface area contributed by atoms with E-state index < -0.39 is 6.10 Å². The summed E-state index contributed by atoms with van der Waals surface area (Å²) in [6.07, 6.45) is 4.62. The van der Waals surface area contributed by atoms with Gasteiger partial charge in [0.25, 0.3) is 5.91 Å². The highest BCUT2D eigenvalue weighted by Gasteiger charge is 2.26. The molecule has 5 rings (SSSR count). The van der Waals surface area contributed by atoms with E-state index in [0.717, 1.165) is 24.2 Å². The molecule has 1 fully saturated rings. The number of nitrogens with zero attached hydrogens (tertiary/aromatic N) is 6. The lowest BCUT2D eigenvalue weighted by Gasteiger charge is -2.08. The van der Waals surface area contributed by atoms with Crippen LogP contribution in [0.2, 0.25) is 0 Å². The molecule has 10 nitrogen and oxygen atoms in total. The first-order valence-electron chi connectivity index (χ1n) is 9.87. The topological polar surface area (TPSA) is 132 Å². The van der Waals surface area contributed by atoms with E-state index in [9.17, 15) is 9.90 Å². The maximum Gasteiger partial charge on any atom is 0.274 e. The van der Waals surface area contributed by atoms with Gasteiger partial charge in [0.05, 0.1) is 0 Å². The second-order valence-corrected chi connectivity index (χ2v) is 7.38. The van der Waals surface area contributed by atoms with E-state index in [2.05, 4.69) is 35.3 Å².